The molecule has 0 spiro atoms. The van der Waals surface area contributed by atoms with Crippen molar-refractivity contribution in [2.45, 2.75) is 24.0 Å². The molecule has 0 saturated carbocycles. The first-order valence-corrected chi connectivity index (χ1v) is 7.82. The van der Waals surface area contributed by atoms with Crippen LogP contribution in [0.2, 0.25) is 0 Å². The summed E-state index contributed by atoms with van der Waals surface area (Å²) < 4.78 is 5.45. The van der Waals surface area contributed by atoms with Gasteiger partial charge < -0.3 is 10.1 Å². The Kier molecular flexibility index (Phi) is 5.36. The smallest absolute Gasteiger partial charge is 0.132 e. The number of hydrogen-bond donors (Lipinski definition) is 1. The molecule has 0 atom stereocenters. The number of aryl methyl sites for hydroxylation is 1. The van der Waals surface area contributed by atoms with Crippen LogP contribution in [-0.2, 0) is 12.2 Å². The van der Waals surface area contributed by atoms with Gasteiger partial charge in [0.1, 0.15) is 5.75 Å². The minimum absolute atomic E-state index is 0.931. The highest BCUT2D eigenvalue weighted by atomic mass is 32.2. The van der Waals surface area contributed by atoms with E-state index in [4.69, 9.17) is 4.74 Å². The standard InChI is InChI=1S/C17H21NOS/c1-4-13-9-10-16(19-3)17(11-13)20-12-14-7-5-6-8-15(14)18-2/h5-11,18H,4,12H2,1-3H3. The van der Waals surface area contributed by atoms with E-state index in [0.717, 1.165) is 17.9 Å². The molecular weight excluding hydrogens is 266 g/mol. The molecule has 0 heterocycles. The van der Waals surface area contributed by atoms with Gasteiger partial charge in [0.15, 0.2) is 0 Å². The summed E-state index contributed by atoms with van der Waals surface area (Å²) in [6.45, 7) is 2.17. The third kappa shape index (κ3) is 3.48. The van der Waals surface area contributed by atoms with Gasteiger partial charge in [-0.1, -0.05) is 31.2 Å². The Bertz CT molecular complexity index is 569. The molecule has 2 rings (SSSR count). The van der Waals surface area contributed by atoms with Gasteiger partial charge in [-0.3, -0.25) is 0 Å². The Hall–Kier alpha value is -1.61. The molecular formula is C17H21NOS. The van der Waals surface area contributed by atoms with Gasteiger partial charge in [0.25, 0.3) is 0 Å². The second kappa shape index (κ2) is 7.25. The highest BCUT2D eigenvalue weighted by molar-refractivity contribution is 7.98. The van der Waals surface area contributed by atoms with Crippen molar-refractivity contribution in [2.75, 3.05) is 19.5 Å². The molecule has 106 valence electrons. The number of nitrogens with one attached hydrogen (secondary N) is 1. The van der Waals surface area contributed by atoms with Crippen LogP contribution >= 0.6 is 11.8 Å². The maximum absolute atomic E-state index is 5.45. The van der Waals surface area contributed by atoms with Crippen LogP contribution in [0.4, 0.5) is 5.69 Å². The molecule has 0 bridgehead atoms. The Balaban J connectivity index is 2.17. The maximum Gasteiger partial charge on any atom is 0.132 e. The van der Waals surface area contributed by atoms with Crippen LogP contribution in [0.15, 0.2) is 47.4 Å². The quantitative estimate of drug-likeness (QED) is 0.785. The van der Waals surface area contributed by atoms with E-state index in [9.17, 15) is 0 Å². The first-order chi connectivity index (χ1) is 9.78. The van der Waals surface area contributed by atoms with Gasteiger partial charge in [-0.05, 0) is 35.7 Å². The van der Waals surface area contributed by atoms with Crippen LogP contribution < -0.4 is 10.1 Å². The Labute approximate surface area is 125 Å². The van der Waals surface area contributed by atoms with Gasteiger partial charge in [-0.25, -0.2) is 0 Å². The summed E-state index contributed by atoms with van der Waals surface area (Å²) in [4.78, 5) is 1.21. The molecule has 2 aromatic rings. The molecule has 0 aromatic heterocycles. The predicted molar refractivity (Wildman–Crippen MR) is 87.9 cm³/mol. The highest BCUT2D eigenvalue weighted by Gasteiger charge is 2.07. The fourth-order valence-electron chi connectivity index (χ4n) is 2.10. The first kappa shape index (κ1) is 14.8. The molecule has 2 aromatic carbocycles. The van der Waals surface area contributed by atoms with Crippen molar-refractivity contribution >= 4 is 17.4 Å². The van der Waals surface area contributed by atoms with Crippen molar-refractivity contribution in [3.63, 3.8) is 0 Å². The van der Waals surface area contributed by atoms with Crippen molar-refractivity contribution in [2.24, 2.45) is 0 Å². The average molecular weight is 287 g/mol. The lowest BCUT2D eigenvalue weighted by Gasteiger charge is -2.12. The second-order valence-electron chi connectivity index (χ2n) is 4.53. The van der Waals surface area contributed by atoms with E-state index in [1.807, 2.05) is 18.8 Å². The van der Waals surface area contributed by atoms with Crippen molar-refractivity contribution < 1.29 is 4.74 Å². The van der Waals surface area contributed by atoms with Crippen LogP contribution in [0.3, 0.4) is 0 Å². The van der Waals surface area contributed by atoms with E-state index in [-0.39, 0.29) is 0 Å². The number of hydrogen-bond acceptors (Lipinski definition) is 3. The molecule has 0 unspecified atom stereocenters. The summed E-state index contributed by atoms with van der Waals surface area (Å²) in [7, 11) is 3.69. The van der Waals surface area contributed by atoms with Crippen molar-refractivity contribution in [3.05, 3.63) is 53.6 Å². The third-order valence-electron chi connectivity index (χ3n) is 3.31. The molecule has 0 fully saturated rings. The molecule has 20 heavy (non-hydrogen) atoms. The first-order valence-electron chi connectivity index (χ1n) is 6.83. The minimum Gasteiger partial charge on any atom is -0.496 e. The lowest BCUT2D eigenvalue weighted by molar-refractivity contribution is 0.404. The Morgan fingerprint density at radius 2 is 1.95 bits per heavy atom. The summed E-state index contributed by atoms with van der Waals surface area (Å²) in [5.41, 5.74) is 3.84. The van der Waals surface area contributed by atoms with E-state index < -0.39 is 0 Å². The number of benzene rings is 2. The van der Waals surface area contributed by atoms with Crippen LogP contribution in [-0.4, -0.2) is 14.2 Å². The topological polar surface area (TPSA) is 21.3 Å². The summed E-state index contributed by atoms with van der Waals surface area (Å²) >= 11 is 1.82. The number of ether oxygens (including phenoxy) is 1. The van der Waals surface area contributed by atoms with Gasteiger partial charge in [0.05, 0.1) is 7.11 Å². The van der Waals surface area contributed by atoms with Crippen LogP contribution in [0.1, 0.15) is 18.1 Å². The maximum atomic E-state index is 5.45. The Morgan fingerprint density at radius 1 is 1.15 bits per heavy atom. The summed E-state index contributed by atoms with van der Waals surface area (Å²) in [5, 5.41) is 3.24. The Morgan fingerprint density at radius 3 is 2.65 bits per heavy atom. The molecule has 3 heteroatoms. The van der Waals surface area contributed by atoms with Crippen molar-refractivity contribution in [1.82, 2.24) is 0 Å². The lowest BCUT2D eigenvalue weighted by atomic mass is 10.2. The largest absolute Gasteiger partial charge is 0.496 e. The molecule has 0 saturated heterocycles. The van der Waals surface area contributed by atoms with Crippen molar-refractivity contribution in [1.29, 1.82) is 0 Å². The zero-order valence-corrected chi connectivity index (χ0v) is 13.1. The number of thioether (sulfide) groups is 1. The zero-order valence-electron chi connectivity index (χ0n) is 12.3. The average Bonchev–Trinajstić information content (AvgIpc) is 2.52. The number of rotatable bonds is 6. The molecule has 2 nitrogen and oxygen atoms in total. The number of methoxy groups -OCH3 is 1. The van der Waals surface area contributed by atoms with Gasteiger partial charge in [-0.15, -0.1) is 11.8 Å². The fraction of sp³-hybridized carbons (Fsp3) is 0.294. The minimum atomic E-state index is 0.931. The predicted octanol–water partition coefficient (Wildman–Crippen LogP) is 4.59. The van der Waals surface area contributed by atoms with Gasteiger partial charge in [0.2, 0.25) is 0 Å². The summed E-state index contributed by atoms with van der Waals surface area (Å²) in [6.07, 6.45) is 1.05. The SMILES string of the molecule is CCc1ccc(OC)c(SCc2ccccc2NC)c1. The lowest BCUT2D eigenvalue weighted by Crippen LogP contribution is -1.94. The third-order valence-corrected chi connectivity index (χ3v) is 4.39. The van der Waals surface area contributed by atoms with Crippen LogP contribution in [0, 0.1) is 0 Å². The highest BCUT2D eigenvalue weighted by Crippen LogP contribution is 2.34. The molecule has 0 amide bonds. The summed E-state index contributed by atoms with van der Waals surface area (Å²) in [5.74, 6) is 1.88. The number of para-hydroxylation sites is 1. The fourth-order valence-corrected chi connectivity index (χ4v) is 3.19. The van der Waals surface area contributed by atoms with Gasteiger partial charge >= 0.3 is 0 Å². The van der Waals surface area contributed by atoms with Gasteiger partial charge in [-0.2, -0.15) is 0 Å². The zero-order chi connectivity index (χ0) is 14.4. The monoisotopic (exact) mass is 287 g/mol. The second-order valence-corrected chi connectivity index (χ2v) is 5.55. The molecule has 0 radical (unpaired) electrons. The number of anilines is 1. The molecule has 0 aliphatic heterocycles. The molecule has 1 N–H and O–H groups in total. The van der Waals surface area contributed by atoms with Crippen LogP contribution in [0.5, 0.6) is 5.75 Å². The van der Waals surface area contributed by atoms with E-state index in [1.54, 1.807) is 7.11 Å². The van der Waals surface area contributed by atoms with E-state index in [2.05, 4.69) is 54.7 Å². The van der Waals surface area contributed by atoms with E-state index in [1.165, 1.54) is 21.7 Å². The van der Waals surface area contributed by atoms with Gasteiger partial charge in [0, 0.05) is 23.4 Å². The molecule has 0 aliphatic carbocycles. The normalized spacial score (nSPS) is 10.3. The van der Waals surface area contributed by atoms with Crippen LogP contribution in [0.25, 0.3) is 0 Å². The van der Waals surface area contributed by atoms with E-state index in [0.29, 0.717) is 0 Å². The van der Waals surface area contributed by atoms with E-state index >= 15 is 0 Å². The van der Waals surface area contributed by atoms with Crippen molar-refractivity contribution in [3.8, 4) is 5.75 Å². The summed E-state index contributed by atoms with van der Waals surface area (Å²) in [6, 6.07) is 14.8. The molecule has 0 aliphatic rings.